The Kier molecular flexibility index (Phi) is 7.72. The maximum atomic E-state index is 14.1. The van der Waals surface area contributed by atoms with Crippen LogP contribution in [0.4, 0.5) is 11.4 Å². The van der Waals surface area contributed by atoms with Crippen molar-refractivity contribution in [2.45, 2.75) is 69.6 Å². The average Bonchev–Trinajstić information content (AvgIpc) is 2.86. The SMILES string of the molecule is CCCCS(=O)(=O)Nc1ccc2c(c1)S(=O)(=O)N=C(C1=C(O)c3ccccc3C(CCC)(CCC)C1=O)N2. The number of carbonyl (C=O) groups is 1. The number of amidine groups is 1. The van der Waals surface area contributed by atoms with Crippen molar-refractivity contribution in [3.05, 3.63) is 59.2 Å². The number of Topliss-reactive ketones (excluding diaryl/α,β-unsaturated/α-hetero) is 1. The van der Waals surface area contributed by atoms with Crippen molar-refractivity contribution in [3.63, 3.8) is 0 Å². The number of sulfonamides is 2. The molecule has 1 heterocycles. The predicted octanol–water partition coefficient (Wildman–Crippen LogP) is 5.13. The van der Waals surface area contributed by atoms with E-state index in [9.17, 15) is 26.7 Å². The van der Waals surface area contributed by atoms with Gasteiger partial charge < -0.3 is 10.4 Å². The van der Waals surface area contributed by atoms with E-state index in [1.807, 2.05) is 32.9 Å². The Morgan fingerprint density at radius 2 is 1.71 bits per heavy atom. The topological polar surface area (TPSA) is 142 Å². The van der Waals surface area contributed by atoms with Gasteiger partial charge in [-0.3, -0.25) is 9.52 Å². The zero-order valence-corrected chi connectivity index (χ0v) is 23.4. The number of nitrogens with zero attached hydrogens (tertiary/aromatic N) is 1. The van der Waals surface area contributed by atoms with E-state index in [-0.39, 0.29) is 45.0 Å². The number of ketones is 1. The molecule has 0 unspecified atom stereocenters. The minimum Gasteiger partial charge on any atom is -0.506 e. The number of aliphatic hydroxyl groups excluding tert-OH is 1. The van der Waals surface area contributed by atoms with Gasteiger partial charge in [0.25, 0.3) is 10.0 Å². The lowest BCUT2D eigenvalue weighted by Gasteiger charge is -2.39. The molecule has 0 fully saturated rings. The summed E-state index contributed by atoms with van der Waals surface area (Å²) in [6.07, 6.45) is 3.67. The third-order valence-corrected chi connectivity index (χ3v) is 9.64. The predicted molar refractivity (Wildman–Crippen MR) is 149 cm³/mol. The molecule has 0 saturated heterocycles. The second-order valence-electron chi connectivity index (χ2n) is 9.71. The summed E-state index contributed by atoms with van der Waals surface area (Å²) in [5.74, 6) is -1.02. The van der Waals surface area contributed by atoms with Gasteiger partial charge in [-0.15, -0.1) is 4.40 Å². The van der Waals surface area contributed by atoms with Gasteiger partial charge in [-0.1, -0.05) is 64.3 Å². The maximum absolute atomic E-state index is 14.1. The first-order valence-electron chi connectivity index (χ1n) is 12.8. The molecule has 1 aliphatic heterocycles. The van der Waals surface area contributed by atoms with Crippen molar-refractivity contribution in [3.8, 4) is 0 Å². The molecule has 0 bridgehead atoms. The Bertz CT molecular complexity index is 1540. The van der Waals surface area contributed by atoms with Gasteiger partial charge in [-0.25, -0.2) is 8.42 Å². The van der Waals surface area contributed by atoms with E-state index in [1.54, 1.807) is 12.1 Å². The zero-order valence-electron chi connectivity index (χ0n) is 21.7. The first kappa shape index (κ1) is 27.8. The Balaban J connectivity index is 1.80. The van der Waals surface area contributed by atoms with Crippen molar-refractivity contribution in [2.75, 3.05) is 15.8 Å². The highest BCUT2D eigenvalue weighted by atomic mass is 32.2. The Hall–Kier alpha value is -3.18. The Labute approximate surface area is 224 Å². The summed E-state index contributed by atoms with van der Waals surface area (Å²) in [7, 11) is -7.97. The molecule has 4 rings (SSSR count). The van der Waals surface area contributed by atoms with Crippen LogP contribution in [0.15, 0.2) is 57.3 Å². The highest BCUT2D eigenvalue weighted by molar-refractivity contribution is 7.92. The van der Waals surface area contributed by atoms with Crippen LogP contribution in [0, 0.1) is 0 Å². The summed E-state index contributed by atoms with van der Waals surface area (Å²) in [6.45, 7) is 5.84. The average molecular weight is 560 g/mol. The van der Waals surface area contributed by atoms with Crippen molar-refractivity contribution in [1.29, 1.82) is 0 Å². The van der Waals surface area contributed by atoms with Gasteiger partial charge in [0.15, 0.2) is 11.6 Å². The van der Waals surface area contributed by atoms with Crippen LogP contribution in [0.5, 0.6) is 0 Å². The molecule has 0 spiro atoms. The molecule has 11 heteroatoms. The number of hydrogen-bond donors (Lipinski definition) is 3. The third kappa shape index (κ3) is 4.96. The molecule has 1 aliphatic carbocycles. The summed E-state index contributed by atoms with van der Waals surface area (Å²) < 4.78 is 57.5. The van der Waals surface area contributed by atoms with Gasteiger partial charge in [-0.2, -0.15) is 8.42 Å². The summed E-state index contributed by atoms with van der Waals surface area (Å²) in [6, 6.07) is 11.2. The van der Waals surface area contributed by atoms with Crippen LogP contribution < -0.4 is 10.0 Å². The molecule has 3 N–H and O–H groups in total. The first-order valence-corrected chi connectivity index (χ1v) is 15.9. The van der Waals surface area contributed by atoms with Gasteiger partial charge in [0.1, 0.15) is 16.2 Å². The quantitative estimate of drug-likeness (QED) is 0.366. The third-order valence-electron chi connectivity index (χ3n) is 6.95. The van der Waals surface area contributed by atoms with Crippen molar-refractivity contribution in [1.82, 2.24) is 0 Å². The molecule has 0 radical (unpaired) electrons. The highest BCUT2D eigenvalue weighted by Gasteiger charge is 2.48. The van der Waals surface area contributed by atoms with Crippen molar-refractivity contribution < 1.29 is 26.7 Å². The molecule has 0 amide bonds. The number of carbonyl (C=O) groups excluding carboxylic acids is 1. The van der Waals surface area contributed by atoms with Gasteiger partial charge in [0.05, 0.1) is 16.9 Å². The molecule has 38 heavy (non-hydrogen) atoms. The zero-order chi connectivity index (χ0) is 27.7. The van der Waals surface area contributed by atoms with Crippen LogP contribution in [0.3, 0.4) is 0 Å². The first-order chi connectivity index (χ1) is 18.0. The van der Waals surface area contributed by atoms with E-state index in [2.05, 4.69) is 14.4 Å². The molecule has 0 atom stereocenters. The molecule has 2 aliphatic rings. The Morgan fingerprint density at radius 3 is 2.37 bits per heavy atom. The largest absolute Gasteiger partial charge is 0.506 e. The maximum Gasteiger partial charge on any atom is 0.286 e. The van der Waals surface area contributed by atoms with Gasteiger partial charge in [0, 0.05) is 11.3 Å². The smallest absolute Gasteiger partial charge is 0.286 e. The lowest BCUT2D eigenvalue weighted by Crippen LogP contribution is -2.44. The summed E-state index contributed by atoms with van der Waals surface area (Å²) in [4.78, 5) is 13.9. The van der Waals surface area contributed by atoms with Crippen LogP contribution in [0.2, 0.25) is 0 Å². The fourth-order valence-corrected chi connectivity index (χ4v) is 7.71. The summed E-state index contributed by atoms with van der Waals surface area (Å²) in [5.41, 5.74) is 0.358. The number of unbranched alkanes of at least 4 members (excludes halogenated alkanes) is 1. The van der Waals surface area contributed by atoms with E-state index >= 15 is 0 Å². The van der Waals surface area contributed by atoms with Crippen LogP contribution in [0.25, 0.3) is 5.76 Å². The Morgan fingerprint density at radius 1 is 1.03 bits per heavy atom. The van der Waals surface area contributed by atoms with Gasteiger partial charge in [-0.05, 0) is 43.0 Å². The molecule has 2 aromatic rings. The highest BCUT2D eigenvalue weighted by Crippen LogP contribution is 2.46. The fraction of sp³-hybridized carbons (Fsp3) is 0.407. The summed E-state index contributed by atoms with van der Waals surface area (Å²) >= 11 is 0. The number of fused-ring (bicyclic) bond motifs is 2. The van der Waals surface area contributed by atoms with Crippen LogP contribution >= 0.6 is 0 Å². The normalized spacial score (nSPS) is 17.8. The molecular weight excluding hydrogens is 526 g/mol. The molecule has 2 aromatic carbocycles. The molecular formula is C27H33N3O6S2. The van der Waals surface area contributed by atoms with Gasteiger partial charge >= 0.3 is 0 Å². The number of anilines is 2. The van der Waals surface area contributed by atoms with Crippen LogP contribution in [0.1, 0.15) is 70.4 Å². The molecule has 0 saturated carbocycles. The van der Waals surface area contributed by atoms with E-state index in [4.69, 9.17) is 0 Å². The number of hydrogen-bond acceptors (Lipinski definition) is 7. The van der Waals surface area contributed by atoms with E-state index in [0.29, 0.717) is 44.1 Å². The molecule has 204 valence electrons. The second kappa shape index (κ2) is 10.5. The van der Waals surface area contributed by atoms with Crippen LogP contribution in [-0.2, 0) is 30.3 Å². The number of aliphatic hydroxyl groups is 1. The van der Waals surface area contributed by atoms with E-state index in [1.165, 1.54) is 18.2 Å². The number of benzene rings is 2. The number of nitrogens with one attached hydrogen (secondary N) is 2. The minimum atomic E-state index is -4.33. The monoisotopic (exact) mass is 559 g/mol. The number of rotatable bonds is 10. The molecule has 0 aromatic heterocycles. The lowest BCUT2D eigenvalue weighted by atomic mass is 9.63. The lowest BCUT2D eigenvalue weighted by molar-refractivity contribution is -0.121. The van der Waals surface area contributed by atoms with E-state index < -0.39 is 25.5 Å². The summed E-state index contributed by atoms with van der Waals surface area (Å²) in [5, 5.41) is 14.2. The second-order valence-corrected chi connectivity index (χ2v) is 13.1. The fourth-order valence-electron chi connectivity index (χ4n) is 5.30. The van der Waals surface area contributed by atoms with E-state index in [0.717, 1.165) is 5.56 Å². The van der Waals surface area contributed by atoms with Crippen LogP contribution in [-0.4, -0.2) is 39.3 Å². The van der Waals surface area contributed by atoms with Gasteiger partial charge in [0.2, 0.25) is 10.0 Å². The molecule has 9 nitrogen and oxygen atoms in total. The van der Waals surface area contributed by atoms with Crippen molar-refractivity contribution in [2.24, 2.45) is 4.40 Å². The van der Waals surface area contributed by atoms with Crippen molar-refractivity contribution >= 4 is 48.8 Å². The minimum absolute atomic E-state index is 0.0812. The standard InChI is InChI=1S/C27H33N3O6S2/c1-4-7-16-37(33,34)29-18-12-13-21-22(17-18)38(35,36)30-26(28-21)23-24(31)19-10-8-9-11-20(19)27(14-5-2,15-6-3)25(23)32/h8-13,17,29,31H,4-7,14-16H2,1-3H3,(H,28,30).